The molecular weight excluding hydrogens is 474 g/mol. The predicted octanol–water partition coefficient (Wildman–Crippen LogP) is 3.25. The summed E-state index contributed by atoms with van der Waals surface area (Å²) in [6, 6.07) is 16.5. The van der Waals surface area contributed by atoms with Crippen LogP contribution in [0.5, 0.6) is 0 Å². The summed E-state index contributed by atoms with van der Waals surface area (Å²) in [5, 5.41) is 7.89. The standard InChI is InChI=1S/C28H35N3O6/c1-20(2)17-24(31-28(35)37-19-23-13-8-5-9-14-23)26(33)30-25(18-22-11-6-4-7-12-22)27(34)36-16-10-15-29-21(3)32/h4-14,16,20,24-25H,15,17-19H2,1-3H3,(H,29,32)(H,30,33)(H,31,35). The molecule has 0 saturated carbocycles. The van der Waals surface area contributed by atoms with Crippen molar-refractivity contribution in [2.75, 3.05) is 6.54 Å². The first-order chi connectivity index (χ1) is 17.7. The van der Waals surface area contributed by atoms with Gasteiger partial charge >= 0.3 is 12.1 Å². The fourth-order valence-electron chi connectivity index (χ4n) is 3.37. The number of alkyl carbamates (subject to hydrolysis) is 1. The zero-order chi connectivity index (χ0) is 27.0. The normalized spacial score (nSPS) is 12.4. The van der Waals surface area contributed by atoms with E-state index in [0.717, 1.165) is 11.1 Å². The molecule has 0 fully saturated rings. The van der Waals surface area contributed by atoms with E-state index in [2.05, 4.69) is 16.0 Å². The first kappa shape index (κ1) is 29.1. The Hall–Kier alpha value is -4.14. The van der Waals surface area contributed by atoms with Gasteiger partial charge < -0.3 is 25.4 Å². The van der Waals surface area contributed by atoms with E-state index in [4.69, 9.17) is 9.47 Å². The molecule has 0 aromatic heterocycles. The number of ether oxygens (including phenoxy) is 2. The summed E-state index contributed by atoms with van der Waals surface area (Å²) in [5.41, 5.74) is 1.64. The summed E-state index contributed by atoms with van der Waals surface area (Å²) in [4.78, 5) is 49.4. The van der Waals surface area contributed by atoms with Crippen LogP contribution in [0.1, 0.15) is 38.3 Å². The van der Waals surface area contributed by atoms with E-state index >= 15 is 0 Å². The van der Waals surface area contributed by atoms with Gasteiger partial charge in [0.25, 0.3) is 0 Å². The molecule has 3 N–H and O–H groups in total. The van der Waals surface area contributed by atoms with Gasteiger partial charge in [0.1, 0.15) is 18.7 Å². The van der Waals surface area contributed by atoms with Crippen molar-refractivity contribution in [1.82, 2.24) is 16.0 Å². The van der Waals surface area contributed by atoms with E-state index in [9.17, 15) is 19.2 Å². The monoisotopic (exact) mass is 509 g/mol. The molecule has 3 amide bonds. The average molecular weight is 510 g/mol. The lowest BCUT2D eigenvalue weighted by Gasteiger charge is -2.23. The molecule has 2 aromatic rings. The number of esters is 1. The molecule has 198 valence electrons. The lowest BCUT2D eigenvalue weighted by Crippen LogP contribution is -2.52. The highest BCUT2D eigenvalue weighted by molar-refractivity contribution is 5.90. The van der Waals surface area contributed by atoms with E-state index in [-0.39, 0.29) is 31.4 Å². The molecule has 0 bridgehead atoms. The van der Waals surface area contributed by atoms with Crippen LogP contribution in [0.15, 0.2) is 73.0 Å². The van der Waals surface area contributed by atoms with Gasteiger partial charge in [0.2, 0.25) is 11.8 Å². The Bertz CT molecular complexity index is 1040. The lowest BCUT2D eigenvalue weighted by atomic mass is 10.0. The Morgan fingerprint density at radius 2 is 1.49 bits per heavy atom. The molecular formula is C28H35N3O6. The van der Waals surface area contributed by atoms with Crippen molar-refractivity contribution < 1.29 is 28.7 Å². The van der Waals surface area contributed by atoms with Gasteiger partial charge in [-0.05, 0) is 29.5 Å². The maximum Gasteiger partial charge on any atom is 0.408 e. The highest BCUT2D eigenvalue weighted by Crippen LogP contribution is 2.10. The zero-order valence-corrected chi connectivity index (χ0v) is 21.4. The number of rotatable bonds is 13. The largest absolute Gasteiger partial charge is 0.445 e. The molecule has 0 heterocycles. The second kappa shape index (κ2) is 15.8. The van der Waals surface area contributed by atoms with Crippen molar-refractivity contribution in [1.29, 1.82) is 0 Å². The van der Waals surface area contributed by atoms with Crippen molar-refractivity contribution >= 4 is 23.9 Å². The Balaban J connectivity index is 2.06. The summed E-state index contributed by atoms with van der Waals surface area (Å²) < 4.78 is 10.5. The van der Waals surface area contributed by atoms with Crippen LogP contribution in [-0.4, -0.2) is 42.5 Å². The number of carbonyl (C=O) groups excluding carboxylic acids is 4. The van der Waals surface area contributed by atoms with Gasteiger partial charge in [-0.2, -0.15) is 0 Å². The molecule has 2 rings (SSSR count). The smallest absolute Gasteiger partial charge is 0.408 e. The van der Waals surface area contributed by atoms with Crippen molar-refractivity contribution in [3.05, 3.63) is 84.1 Å². The van der Waals surface area contributed by atoms with Crippen LogP contribution in [-0.2, 0) is 36.9 Å². The number of amides is 3. The van der Waals surface area contributed by atoms with E-state index < -0.39 is 30.1 Å². The van der Waals surface area contributed by atoms with Crippen LogP contribution < -0.4 is 16.0 Å². The third kappa shape index (κ3) is 11.9. The third-order valence-corrected chi connectivity index (χ3v) is 5.16. The van der Waals surface area contributed by atoms with E-state index in [1.54, 1.807) is 0 Å². The summed E-state index contributed by atoms with van der Waals surface area (Å²) in [6.45, 7) is 5.49. The number of carbonyl (C=O) groups is 4. The summed E-state index contributed by atoms with van der Waals surface area (Å²) in [5.74, 6) is -1.32. The topological polar surface area (TPSA) is 123 Å². The quantitative estimate of drug-likeness (QED) is 0.281. The van der Waals surface area contributed by atoms with Crippen LogP contribution in [0.25, 0.3) is 0 Å². The number of benzene rings is 2. The molecule has 0 aliphatic heterocycles. The molecule has 0 spiro atoms. The molecule has 0 aliphatic carbocycles. The van der Waals surface area contributed by atoms with Gasteiger partial charge in [-0.25, -0.2) is 9.59 Å². The zero-order valence-electron chi connectivity index (χ0n) is 21.4. The fraction of sp³-hybridized carbons (Fsp3) is 0.357. The van der Waals surface area contributed by atoms with Gasteiger partial charge in [-0.15, -0.1) is 0 Å². The SMILES string of the molecule is CC(=O)NCC=COC(=O)C(Cc1ccccc1)NC(=O)C(CC(C)C)NC(=O)OCc1ccccc1. The fourth-order valence-corrected chi connectivity index (χ4v) is 3.37. The van der Waals surface area contributed by atoms with Crippen molar-refractivity contribution in [2.24, 2.45) is 5.92 Å². The molecule has 0 aliphatic rings. The Labute approximate surface area is 217 Å². The first-order valence-electron chi connectivity index (χ1n) is 12.2. The van der Waals surface area contributed by atoms with Crippen molar-refractivity contribution in [3.8, 4) is 0 Å². The van der Waals surface area contributed by atoms with Crippen LogP contribution >= 0.6 is 0 Å². The highest BCUT2D eigenvalue weighted by Gasteiger charge is 2.28. The summed E-state index contributed by atoms with van der Waals surface area (Å²) in [7, 11) is 0. The van der Waals surface area contributed by atoms with Crippen molar-refractivity contribution in [3.63, 3.8) is 0 Å². The molecule has 2 atom stereocenters. The second-order valence-electron chi connectivity index (χ2n) is 8.88. The minimum Gasteiger partial charge on any atom is -0.445 e. The van der Waals surface area contributed by atoms with Crippen LogP contribution in [0.4, 0.5) is 4.79 Å². The van der Waals surface area contributed by atoms with Crippen LogP contribution in [0.2, 0.25) is 0 Å². The molecule has 2 aromatic carbocycles. The van der Waals surface area contributed by atoms with Crippen molar-refractivity contribution in [2.45, 2.75) is 52.3 Å². The summed E-state index contributed by atoms with van der Waals surface area (Å²) in [6.07, 6.45) is 2.46. The first-order valence-corrected chi connectivity index (χ1v) is 12.2. The Kier molecular flexibility index (Phi) is 12.4. The van der Waals surface area contributed by atoms with Gasteiger partial charge in [0, 0.05) is 19.9 Å². The van der Waals surface area contributed by atoms with Gasteiger partial charge in [0.15, 0.2) is 0 Å². The minimum absolute atomic E-state index is 0.0659. The van der Waals surface area contributed by atoms with Gasteiger partial charge in [-0.3, -0.25) is 9.59 Å². The van der Waals surface area contributed by atoms with E-state index in [1.807, 2.05) is 74.5 Å². The average Bonchev–Trinajstić information content (AvgIpc) is 2.87. The maximum absolute atomic E-state index is 13.2. The number of nitrogens with one attached hydrogen (secondary N) is 3. The minimum atomic E-state index is -1.00. The van der Waals surface area contributed by atoms with Gasteiger partial charge in [0.05, 0.1) is 6.26 Å². The predicted molar refractivity (Wildman–Crippen MR) is 139 cm³/mol. The molecule has 37 heavy (non-hydrogen) atoms. The molecule has 0 radical (unpaired) electrons. The lowest BCUT2D eigenvalue weighted by molar-refractivity contribution is -0.143. The highest BCUT2D eigenvalue weighted by atomic mass is 16.5. The van der Waals surface area contributed by atoms with E-state index in [0.29, 0.717) is 6.42 Å². The molecule has 9 nitrogen and oxygen atoms in total. The Morgan fingerprint density at radius 3 is 2.08 bits per heavy atom. The molecule has 0 saturated heterocycles. The van der Waals surface area contributed by atoms with Gasteiger partial charge in [-0.1, -0.05) is 74.5 Å². The molecule has 9 heteroatoms. The molecule has 2 unspecified atom stereocenters. The number of hydrogen-bond acceptors (Lipinski definition) is 6. The van der Waals surface area contributed by atoms with E-state index in [1.165, 1.54) is 19.3 Å². The maximum atomic E-state index is 13.2. The van der Waals surface area contributed by atoms with Crippen LogP contribution in [0.3, 0.4) is 0 Å². The Morgan fingerprint density at radius 1 is 0.865 bits per heavy atom. The van der Waals surface area contributed by atoms with Crippen LogP contribution in [0, 0.1) is 5.92 Å². The summed E-state index contributed by atoms with van der Waals surface area (Å²) >= 11 is 0. The third-order valence-electron chi connectivity index (χ3n) is 5.16. The number of hydrogen-bond donors (Lipinski definition) is 3. The second-order valence-corrected chi connectivity index (χ2v) is 8.88.